The Kier molecular flexibility index (Phi) is 8.93. The first kappa shape index (κ1) is 32.7. The monoisotopic (exact) mass is 622 g/mol. The van der Waals surface area contributed by atoms with Crippen LogP contribution in [0.2, 0.25) is 0 Å². The molecule has 0 spiro atoms. The first-order valence-electron chi connectivity index (χ1n) is 13.8. The third-order valence-electron chi connectivity index (χ3n) is 8.56. The predicted molar refractivity (Wildman–Crippen MR) is 144 cm³/mol. The fourth-order valence-electron chi connectivity index (χ4n) is 6.37. The Hall–Kier alpha value is -4.25. The molecule has 0 radical (unpaired) electrons. The van der Waals surface area contributed by atoms with Crippen molar-refractivity contribution in [2.75, 3.05) is 7.05 Å². The number of aliphatic hydroxyl groups excluding tert-OH is 2. The quantitative estimate of drug-likeness (QED) is 0.120. The number of esters is 2. The third-order valence-corrected chi connectivity index (χ3v) is 8.56. The molecule has 8 N–H and O–H groups in total. The van der Waals surface area contributed by atoms with Gasteiger partial charge in [-0.25, -0.2) is 14.4 Å². The molecule has 1 aromatic rings. The largest absolute Gasteiger partial charge is 0.504 e. The van der Waals surface area contributed by atoms with E-state index in [1.165, 1.54) is 12.1 Å². The van der Waals surface area contributed by atoms with Crippen molar-refractivity contribution < 1.29 is 68.8 Å². The SMILES string of the molecule is CC[C@]12c3c4ccc(O)c3O[C@H]1C(OC(=O)[C@H](O)[C@@H](O)C(=O)O[C@@H](C)C(=O)N[C@H](CC(=O)O)C(=O)O)=CC[C@@]2(O)[C@H](NC)C4. The average Bonchev–Trinajstić information content (AvgIpc) is 3.35. The molecule has 44 heavy (non-hydrogen) atoms. The van der Waals surface area contributed by atoms with E-state index in [1.807, 2.05) is 5.32 Å². The van der Waals surface area contributed by atoms with E-state index >= 15 is 0 Å². The molecule has 1 amide bonds. The lowest BCUT2D eigenvalue weighted by atomic mass is 9.52. The van der Waals surface area contributed by atoms with E-state index in [9.17, 15) is 44.4 Å². The van der Waals surface area contributed by atoms with Gasteiger partial charge in [0, 0.05) is 18.0 Å². The van der Waals surface area contributed by atoms with Crippen LogP contribution in [0.1, 0.15) is 44.2 Å². The highest BCUT2D eigenvalue weighted by Crippen LogP contribution is 2.63. The lowest BCUT2D eigenvalue weighted by molar-refractivity contribution is -0.177. The van der Waals surface area contributed by atoms with Crippen molar-refractivity contribution >= 4 is 29.8 Å². The summed E-state index contributed by atoms with van der Waals surface area (Å²) in [6.45, 7) is 2.79. The molecule has 1 aliphatic heterocycles. The Balaban J connectivity index is 1.49. The fraction of sp³-hybridized carbons (Fsp3) is 0.536. The Labute approximate surface area is 250 Å². The lowest BCUT2D eigenvalue weighted by Gasteiger charge is -2.56. The number of amides is 1. The highest BCUT2D eigenvalue weighted by atomic mass is 16.6. The average molecular weight is 623 g/mol. The van der Waals surface area contributed by atoms with Crippen LogP contribution in [0.4, 0.5) is 0 Å². The topological polar surface area (TPSA) is 258 Å². The number of phenolic OH excluding ortho intramolecular Hbond substituents is 1. The van der Waals surface area contributed by atoms with Crippen LogP contribution in [0.25, 0.3) is 0 Å². The molecule has 2 aliphatic carbocycles. The molecule has 8 atom stereocenters. The zero-order chi connectivity index (χ0) is 32.7. The Morgan fingerprint density at radius 1 is 1.11 bits per heavy atom. The minimum Gasteiger partial charge on any atom is -0.504 e. The van der Waals surface area contributed by atoms with Gasteiger partial charge in [0.05, 0.1) is 17.4 Å². The molecule has 4 rings (SSSR count). The van der Waals surface area contributed by atoms with E-state index < -0.39 is 83.7 Å². The minimum absolute atomic E-state index is 0.0180. The standard InChI is InChI=1S/C28H34N2O14/c1-4-27-18-12-5-6-14(31)21(18)44-22(27)15(7-8-28(27,41)16(9-12)29-3)43-26(40)20(35)19(34)25(39)42-11(2)23(36)30-13(24(37)38)10-17(32)33/h5-7,11,13,16,19-20,22,29,31,34-35,41H,4,8-10H2,1-3H3,(H,30,36)(H,32,33)(H,37,38)/t11-,13+,16+,19+,20+,22-,27-,28+/m0/s1. The number of benzene rings is 1. The number of likely N-dealkylation sites (N-methyl/N-ethyl adjacent to an activating group) is 1. The van der Waals surface area contributed by atoms with Crippen molar-refractivity contribution in [3.05, 3.63) is 35.1 Å². The number of carbonyl (C=O) groups is 5. The third kappa shape index (κ3) is 5.23. The highest BCUT2D eigenvalue weighted by molar-refractivity contribution is 5.91. The van der Waals surface area contributed by atoms with Gasteiger partial charge in [0.25, 0.3) is 5.91 Å². The number of aliphatic hydroxyl groups is 3. The van der Waals surface area contributed by atoms with Crippen molar-refractivity contribution in [1.29, 1.82) is 0 Å². The van der Waals surface area contributed by atoms with Crippen LogP contribution in [-0.4, -0.2) is 110 Å². The Morgan fingerprint density at radius 2 is 1.77 bits per heavy atom. The summed E-state index contributed by atoms with van der Waals surface area (Å²) in [4.78, 5) is 59.6. The summed E-state index contributed by atoms with van der Waals surface area (Å²) in [5.74, 6) is -7.72. The predicted octanol–water partition coefficient (Wildman–Crippen LogP) is -1.80. The molecule has 16 heteroatoms. The summed E-state index contributed by atoms with van der Waals surface area (Å²) < 4.78 is 16.2. The van der Waals surface area contributed by atoms with Crippen LogP contribution in [0.15, 0.2) is 24.0 Å². The molecule has 1 heterocycles. The second-order valence-corrected chi connectivity index (χ2v) is 10.9. The number of ether oxygens (including phenoxy) is 3. The first-order chi connectivity index (χ1) is 20.6. The second kappa shape index (κ2) is 12.0. The molecule has 0 unspecified atom stereocenters. The molecule has 240 valence electrons. The number of nitrogens with one attached hydrogen (secondary N) is 2. The van der Waals surface area contributed by atoms with Gasteiger partial charge in [-0.3, -0.25) is 9.59 Å². The van der Waals surface area contributed by atoms with E-state index in [0.29, 0.717) is 12.0 Å². The number of carbonyl (C=O) groups excluding carboxylic acids is 3. The number of hydrogen-bond acceptors (Lipinski definition) is 13. The van der Waals surface area contributed by atoms with Gasteiger partial charge in [-0.2, -0.15) is 0 Å². The maximum absolute atomic E-state index is 12.9. The number of rotatable bonds is 12. The molecule has 16 nitrogen and oxygen atoms in total. The smallest absolute Gasteiger partial charge is 0.343 e. The van der Waals surface area contributed by atoms with Crippen molar-refractivity contribution in [3.8, 4) is 11.5 Å². The second-order valence-electron chi connectivity index (χ2n) is 10.9. The molecule has 3 aliphatic rings. The van der Waals surface area contributed by atoms with Gasteiger partial charge in [-0.1, -0.05) is 13.0 Å². The van der Waals surface area contributed by atoms with Crippen molar-refractivity contribution in [1.82, 2.24) is 10.6 Å². The summed E-state index contributed by atoms with van der Waals surface area (Å²) in [6, 6.07) is 0.907. The van der Waals surface area contributed by atoms with Gasteiger partial charge >= 0.3 is 23.9 Å². The number of carboxylic acids is 2. The van der Waals surface area contributed by atoms with Gasteiger partial charge in [0.1, 0.15) is 11.8 Å². The number of hydrogen-bond donors (Lipinski definition) is 8. The van der Waals surface area contributed by atoms with Crippen LogP contribution >= 0.6 is 0 Å². The van der Waals surface area contributed by atoms with Crippen LogP contribution in [0.5, 0.6) is 11.5 Å². The van der Waals surface area contributed by atoms with Crippen LogP contribution in [-0.2, 0) is 45.3 Å². The molecular formula is C28H34N2O14. The molecular weight excluding hydrogens is 588 g/mol. The molecule has 0 bridgehead atoms. The van der Waals surface area contributed by atoms with Crippen LogP contribution < -0.4 is 15.4 Å². The van der Waals surface area contributed by atoms with E-state index in [-0.39, 0.29) is 30.1 Å². The number of phenols is 1. The van der Waals surface area contributed by atoms with Crippen molar-refractivity contribution in [2.24, 2.45) is 0 Å². The molecule has 0 saturated heterocycles. The van der Waals surface area contributed by atoms with E-state index in [4.69, 9.17) is 24.4 Å². The summed E-state index contributed by atoms with van der Waals surface area (Å²) in [6.07, 6.45) is -6.82. The van der Waals surface area contributed by atoms with Crippen molar-refractivity contribution in [2.45, 2.75) is 87.0 Å². The van der Waals surface area contributed by atoms with Gasteiger partial charge < -0.3 is 55.5 Å². The maximum Gasteiger partial charge on any atom is 0.343 e. The van der Waals surface area contributed by atoms with E-state index in [1.54, 1.807) is 20.0 Å². The summed E-state index contributed by atoms with van der Waals surface area (Å²) in [5, 5.41) is 66.3. The number of aromatic hydroxyl groups is 1. The summed E-state index contributed by atoms with van der Waals surface area (Å²) >= 11 is 0. The van der Waals surface area contributed by atoms with Crippen LogP contribution in [0.3, 0.4) is 0 Å². The molecule has 0 saturated carbocycles. The Bertz CT molecular complexity index is 1410. The molecule has 0 fully saturated rings. The maximum atomic E-state index is 12.9. The van der Waals surface area contributed by atoms with Crippen molar-refractivity contribution in [3.63, 3.8) is 0 Å². The number of aliphatic carboxylic acids is 2. The lowest BCUT2D eigenvalue weighted by Crippen LogP contribution is -2.70. The Morgan fingerprint density at radius 3 is 2.36 bits per heavy atom. The normalized spacial score (nSPS) is 27.4. The van der Waals surface area contributed by atoms with Gasteiger partial charge in [-0.15, -0.1) is 0 Å². The first-order valence-corrected chi connectivity index (χ1v) is 13.8. The van der Waals surface area contributed by atoms with Gasteiger partial charge in [-0.05, 0) is 44.5 Å². The fourth-order valence-corrected chi connectivity index (χ4v) is 6.37. The van der Waals surface area contributed by atoms with Gasteiger partial charge in [0.2, 0.25) is 0 Å². The highest BCUT2D eigenvalue weighted by Gasteiger charge is 2.69. The van der Waals surface area contributed by atoms with E-state index in [2.05, 4.69) is 5.32 Å². The van der Waals surface area contributed by atoms with Gasteiger partial charge in [0.15, 0.2) is 35.9 Å². The molecule has 0 aromatic heterocycles. The van der Waals surface area contributed by atoms with Crippen LogP contribution in [0, 0.1) is 0 Å². The number of carboxylic acid groups (broad SMARTS) is 2. The summed E-state index contributed by atoms with van der Waals surface area (Å²) in [7, 11) is 1.70. The molecule has 1 aromatic carbocycles. The van der Waals surface area contributed by atoms with E-state index in [0.717, 1.165) is 12.5 Å². The minimum atomic E-state index is -2.55. The summed E-state index contributed by atoms with van der Waals surface area (Å²) in [5.41, 5.74) is -1.24. The zero-order valence-corrected chi connectivity index (χ0v) is 24.0. The zero-order valence-electron chi connectivity index (χ0n) is 24.0.